The quantitative estimate of drug-likeness (QED) is 0.308. The van der Waals surface area contributed by atoms with Crippen LogP contribution in [0.4, 0.5) is 10.1 Å². The van der Waals surface area contributed by atoms with E-state index in [0.29, 0.717) is 17.0 Å². The number of carbonyl (C=O) groups is 2. The van der Waals surface area contributed by atoms with E-state index in [2.05, 4.69) is 5.32 Å². The average molecular weight is 603 g/mol. The summed E-state index contributed by atoms with van der Waals surface area (Å²) < 4.78 is 43.2. The lowest BCUT2D eigenvalue weighted by molar-refractivity contribution is -0.140. The molecule has 220 valence electrons. The van der Waals surface area contributed by atoms with Crippen LogP contribution in [-0.2, 0) is 32.8 Å². The predicted molar refractivity (Wildman–Crippen MR) is 160 cm³/mol. The van der Waals surface area contributed by atoms with Gasteiger partial charge in [-0.15, -0.1) is 0 Å². The highest BCUT2D eigenvalue weighted by atomic mass is 35.5. The van der Waals surface area contributed by atoms with E-state index in [1.54, 1.807) is 24.3 Å². The van der Waals surface area contributed by atoms with Gasteiger partial charge in [0.25, 0.3) is 0 Å². The van der Waals surface area contributed by atoms with Crippen LogP contribution in [0.1, 0.15) is 31.4 Å². The van der Waals surface area contributed by atoms with Gasteiger partial charge in [-0.2, -0.15) is 12.7 Å². The Bertz CT molecular complexity index is 1440. The fourth-order valence-corrected chi connectivity index (χ4v) is 5.42. The normalized spacial score (nSPS) is 13.0. The van der Waals surface area contributed by atoms with Crippen LogP contribution in [0.3, 0.4) is 0 Å². The summed E-state index contributed by atoms with van der Waals surface area (Å²) in [6, 6.07) is 20.3. The lowest BCUT2D eigenvalue weighted by Crippen LogP contribution is -2.55. The molecule has 0 saturated carbocycles. The first kappa shape index (κ1) is 32.0. The third-order valence-corrected chi connectivity index (χ3v) is 8.89. The molecule has 3 rings (SSSR count). The van der Waals surface area contributed by atoms with Crippen molar-refractivity contribution in [3.05, 3.63) is 101 Å². The van der Waals surface area contributed by atoms with Gasteiger partial charge in [0.2, 0.25) is 11.8 Å². The molecule has 1 N–H and O–H groups in total. The summed E-state index contributed by atoms with van der Waals surface area (Å²) >= 11 is 6.46. The topological polar surface area (TPSA) is 90.0 Å². The van der Waals surface area contributed by atoms with Crippen LogP contribution in [0, 0.1) is 5.82 Å². The molecule has 0 spiro atoms. The van der Waals surface area contributed by atoms with Crippen molar-refractivity contribution in [2.24, 2.45) is 0 Å². The maximum atomic E-state index is 14.9. The summed E-state index contributed by atoms with van der Waals surface area (Å²) in [5.41, 5.74) is 1.10. The lowest BCUT2D eigenvalue weighted by Gasteiger charge is -2.35. The molecule has 0 saturated heterocycles. The molecule has 2 amide bonds. The number of halogens is 2. The van der Waals surface area contributed by atoms with Crippen molar-refractivity contribution in [2.45, 2.75) is 45.3 Å². The highest BCUT2D eigenvalue weighted by Gasteiger charge is 2.36. The molecular formula is C30H36ClFN4O4S. The molecule has 0 aliphatic rings. The number of nitrogens with one attached hydrogen (secondary N) is 1. The Morgan fingerprint density at radius 2 is 1.56 bits per heavy atom. The zero-order valence-electron chi connectivity index (χ0n) is 23.6. The summed E-state index contributed by atoms with van der Waals surface area (Å²) in [5, 5.41) is 3.35. The maximum absolute atomic E-state index is 14.9. The molecule has 0 heterocycles. The molecular weight excluding hydrogens is 567 g/mol. The van der Waals surface area contributed by atoms with E-state index < -0.39 is 40.4 Å². The van der Waals surface area contributed by atoms with Gasteiger partial charge in [0.15, 0.2) is 0 Å². The highest BCUT2D eigenvalue weighted by Crippen LogP contribution is 2.25. The minimum absolute atomic E-state index is 0.0724. The Morgan fingerprint density at radius 1 is 0.951 bits per heavy atom. The molecule has 0 bridgehead atoms. The number of para-hydroxylation sites is 1. The van der Waals surface area contributed by atoms with E-state index in [1.165, 1.54) is 37.2 Å². The second kappa shape index (κ2) is 14.4. The van der Waals surface area contributed by atoms with Crippen LogP contribution >= 0.6 is 11.6 Å². The zero-order valence-corrected chi connectivity index (χ0v) is 25.2. The Kier molecular flexibility index (Phi) is 11.3. The molecule has 0 unspecified atom stereocenters. The first-order chi connectivity index (χ1) is 19.4. The van der Waals surface area contributed by atoms with Crippen molar-refractivity contribution in [2.75, 3.05) is 24.9 Å². The number of anilines is 1. The molecule has 3 aromatic carbocycles. The van der Waals surface area contributed by atoms with E-state index in [-0.39, 0.29) is 24.7 Å². The Morgan fingerprint density at radius 3 is 2.17 bits per heavy atom. The summed E-state index contributed by atoms with van der Waals surface area (Å²) in [6.07, 6.45) is 0.837. The van der Waals surface area contributed by atoms with Gasteiger partial charge in [0.05, 0.1) is 5.69 Å². The minimum atomic E-state index is -4.30. The van der Waals surface area contributed by atoms with E-state index in [9.17, 15) is 22.4 Å². The summed E-state index contributed by atoms with van der Waals surface area (Å²) in [7, 11) is -1.70. The number of carbonyl (C=O) groups excluding carboxylic acids is 2. The van der Waals surface area contributed by atoms with E-state index in [1.807, 2.05) is 44.2 Å². The second-order valence-electron chi connectivity index (χ2n) is 9.88. The third kappa shape index (κ3) is 8.28. The number of hydrogen-bond donors (Lipinski definition) is 1. The zero-order chi connectivity index (χ0) is 30.2. The molecule has 11 heteroatoms. The van der Waals surface area contributed by atoms with Crippen molar-refractivity contribution < 1.29 is 22.4 Å². The fraction of sp³-hybridized carbons (Fsp3) is 0.333. The van der Waals surface area contributed by atoms with Crippen LogP contribution in [0.15, 0.2) is 78.9 Å². The van der Waals surface area contributed by atoms with Crippen LogP contribution in [0.25, 0.3) is 0 Å². The Balaban J connectivity index is 2.12. The first-order valence-electron chi connectivity index (χ1n) is 13.3. The van der Waals surface area contributed by atoms with Crippen molar-refractivity contribution >= 4 is 39.3 Å². The van der Waals surface area contributed by atoms with E-state index in [0.717, 1.165) is 20.2 Å². The molecule has 0 aliphatic heterocycles. The third-order valence-electron chi connectivity index (χ3n) is 6.71. The second-order valence-corrected chi connectivity index (χ2v) is 12.4. The molecule has 0 aliphatic carbocycles. The van der Waals surface area contributed by atoms with Gasteiger partial charge in [0.1, 0.15) is 18.4 Å². The molecule has 0 aromatic heterocycles. The summed E-state index contributed by atoms with van der Waals surface area (Å²) in [4.78, 5) is 29.2. The molecule has 0 fully saturated rings. The monoisotopic (exact) mass is 602 g/mol. The fourth-order valence-electron chi connectivity index (χ4n) is 4.16. The lowest BCUT2D eigenvalue weighted by atomic mass is 10.0. The van der Waals surface area contributed by atoms with Crippen molar-refractivity contribution in [1.82, 2.24) is 14.5 Å². The van der Waals surface area contributed by atoms with Gasteiger partial charge in [-0.05, 0) is 42.7 Å². The minimum Gasteiger partial charge on any atom is -0.352 e. The van der Waals surface area contributed by atoms with Crippen LogP contribution in [-0.4, -0.2) is 62.2 Å². The van der Waals surface area contributed by atoms with Gasteiger partial charge < -0.3 is 10.2 Å². The van der Waals surface area contributed by atoms with Crippen molar-refractivity contribution in [3.63, 3.8) is 0 Å². The highest BCUT2D eigenvalue weighted by molar-refractivity contribution is 7.90. The van der Waals surface area contributed by atoms with Gasteiger partial charge in [0, 0.05) is 38.1 Å². The predicted octanol–water partition coefficient (Wildman–Crippen LogP) is 4.65. The maximum Gasteiger partial charge on any atom is 0.304 e. The average Bonchev–Trinajstić information content (AvgIpc) is 2.95. The molecule has 2 atom stereocenters. The van der Waals surface area contributed by atoms with E-state index >= 15 is 0 Å². The summed E-state index contributed by atoms with van der Waals surface area (Å²) in [5.74, 6) is -1.89. The number of nitrogens with zero attached hydrogens (tertiary/aromatic N) is 3. The van der Waals surface area contributed by atoms with Crippen LogP contribution in [0.2, 0.25) is 5.02 Å². The summed E-state index contributed by atoms with van der Waals surface area (Å²) in [6.45, 7) is 2.98. The van der Waals surface area contributed by atoms with Crippen molar-refractivity contribution in [1.29, 1.82) is 0 Å². The molecule has 3 aromatic rings. The molecule has 8 nitrogen and oxygen atoms in total. The van der Waals surface area contributed by atoms with E-state index in [4.69, 9.17) is 11.6 Å². The molecule has 0 radical (unpaired) electrons. The number of rotatable bonds is 13. The Labute approximate surface area is 246 Å². The van der Waals surface area contributed by atoms with Gasteiger partial charge in [-0.25, -0.2) is 8.70 Å². The smallest absolute Gasteiger partial charge is 0.304 e. The number of amides is 2. The van der Waals surface area contributed by atoms with Crippen molar-refractivity contribution in [3.8, 4) is 0 Å². The Hall–Kier alpha value is -3.47. The SMILES string of the molecule is CC[C@H](C)NC(=O)[C@H](Cc1ccccc1)N(Cc1ccccc1Cl)C(=O)CN(c1ccccc1F)S(=O)(=O)N(C)C. The van der Waals surface area contributed by atoms with Gasteiger partial charge in [-0.3, -0.25) is 9.59 Å². The van der Waals surface area contributed by atoms with Gasteiger partial charge in [-0.1, -0.05) is 79.2 Å². The van der Waals surface area contributed by atoms with Crippen LogP contribution in [0.5, 0.6) is 0 Å². The number of benzene rings is 3. The van der Waals surface area contributed by atoms with Gasteiger partial charge >= 0.3 is 10.2 Å². The van der Waals surface area contributed by atoms with Crippen LogP contribution < -0.4 is 9.62 Å². The molecule has 41 heavy (non-hydrogen) atoms. The number of hydrogen-bond acceptors (Lipinski definition) is 4. The first-order valence-corrected chi connectivity index (χ1v) is 15.0. The largest absolute Gasteiger partial charge is 0.352 e. The standard InChI is InChI=1S/C30H36ClFN4O4S/c1-5-22(2)33-30(38)28(19-23-13-7-6-8-14-23)35(20-24-15-9-10-16-25(24)31)29(37)21-36(41(39,40)34(3)4)27-18-12-11-17-26(27)32/h6-18,22,28H,5,19-21H2,1-4H3,(H,33,38)/t22-,28-/m0/s1.